The predicted molar refractivity (Wildman–Crippen MR) is 152 cm³/mol. The molecule has 0 aliphatic heterocycles. The maximum atomic E-state index is 13.2. The number of carbonyl (C=O) groups excluding carboxylic acids is 2. The second kappa shape index (κ2) is 11.6. The first-order valence-electron chi connectivity index (χ1n) is 12.9. The SMILES string of the molecule is CCN(CC)CCNC(=O)c1cc2c(cc1OC)nc(-c1ccc(C)cc1C)c1cc(C(=O)OC)ccc12. The summed E-state index contributed by atoms with van der Waals surface area (Å²) in [5.74, 6) is -0.155. The summed E-state index contributed by atoms with van der Waals surface area (Å²) in [5, 5.41) is 5.53. The normalized spacial score (nSPS) is 11.2. The number of hydrogen-bond acceptors (Lipinski definition) is 6. The molecule has 1 aromatic heterocycles. The first-order chi connectivity index (χ1) is 18.3. The van der Waals surface area contributed by atoms with Crippen LogP contribution in [0.3, 0.4) is 0 Å². The lowest BCUT2D eigenvalue weighted by molar-refractivity contribution is 0.0600. The van der Waals surface area contributed by atoms with Crippen molar-refractivity contribution < 1.29 is 19.1 Å². The number of methoxy groups -OCH3 is 2. The third kappa shape index (κ3) is 5.34. The Labute approximate surface area is 223 Å². The van der Waals surface area contributed by atoms with Gasteiger partial charge in [-0.3, -0.25) is 4.79 Å². The van der Waals surface area contributed by atoms with Crippen LogP contribution in [0.2, 0.25) is 0 Å². The molecule has 0 spiro atoms. The highest BCUT2D eigenvalue weighted by Gasteiger charge is 2.19. The highest BCUT2D eigenvalue weighted by molar-refractivity contribution is 6.15. The van der Waals surface area contributed by atoms with Crippen LogP contribution in [-0.4, -0.2) is 62.2 Å². The molecule has 1 heterocycles. The molecule has 38 heavy (non-hydrogen) atoms. The van der Waals surface area contributed by atoms with Crippen LogP contribution in [0.5, 0.6) is 5.75 Å². The number of fused-ring (bicyclic) bond motifs is 3. The molecule has 198 valence electrons. The number of nitrogens with zero attached hydrogens (tertiary/aromatic N) is 2. The van der Waals surface area contributed by atoms with E-state index < -0.39 is 5.97 Å². The van der Waals surface area contributed by atoms with E-state index in [1.165, 1.54) is 7.11 Å². The summed E-state index contributed by atoms with van der Waals surface area (Å²) in [7, 11) is 2.93. The van der Waals surface area contributed by atoms with Gasteiger partial charge in [0, 0.05) is 35.5 Å². The van der Waals surface area contributed by atoms with Gasteiger partial charge in [0.05, 0.1) is 36.6 Å². The quantitative estimate of drug-likeness (QED) is 0.234. The van der Waals surface area contributed by atoms with Crippen molar-refractivity contribution in [3.8, 4) is 17.0 Å². The fourth-order valence-electron chi connectivity index (χ4n) is 4.87. The number of nitrogens with one attached hydrogen (secondary N) is 1. The van der Waals surface area contributed by atoms with Gasteiger partial charge in [0.25, 0.3) is 5.91 Å². The lowest BCUT2D eigenvalue weighted by atomic mass is 9.94. The number of likely N-dealkylation sites (N-methyl/N-ethyl adjacent to an activating group) is 1. The zero-order chi connectivity index (χ0) is 27.4. The van der Waals surface area contributed by atoms with Gasteiger partial charge in [-0.2, -0.15) is 0 Å². The molecule has 7 heteroatoms. The molecule has 0 atom stereocenters. The number of carbonyl (C=O) groups is 2. The molecule has 0 radical (unpaired) electrons. The van der Waals surface area contributed by atoms with Crippen molar-refractivity contribution in [2.45, 2.75) is 27.7 Å². The van der Waals surface area contributed by atoms with Gasteiger partial charge in [0.15, 0.2) is 0 Å². The Morgan fingerprint density at radius 3 is 2.34 bits per heavy atom. The topological polar surface area (TPSA) is 80.8 Å². The van der Waals surface area contributed by atoms with E-state index in [1.54, 1.807) is 13.2 Å². The van der Waals surface area contributed by atoms with Crippen molar-refractivity contribution in [3.63, 3.8) is 0 Å². The van der Waals surface area contributed by atoms with Crippen LogP contribution in [0, 0.1) is 13.8 Å². The average Bonchev–Trinajstić information content (AvgIpc) is 2.93. The van der Waals surface area contributed by atoms with Crippen molar-refractivity contribution in [1.29, 1.82) is 0 Å². The number of esters is 1. The second-order valence-electron chi connectivity index (χ2n) is 9.38. The molecular formula is C31H35N3O4. The lowest BCUT2D eigenvalue weighted by Crippen LogP contribution is -2.34. The van der Waals surface area contributed by atoms with Gasteiger partial charge in [0.2, 0.25) is 0 Å². The van der Waals surface area contributed by atoms with Crippen LogP contribution in [-0.2, 0) is 4.74 Å². The van der Waals surface area contributed by atoms with Crippen molar-refractivity contribution in [3.05, 3.63) is 70.8 Å². The number of benzene rings is 3. The zero-order valence-electron chi connectivity index (χ0n) is 23.0. The Balaban J connectivity index is 1.90. The van der Waals surface area contributed by atoms with E-state index >= 15 is 0 Å². The Bertz CT molecular complexity index is 1510. The maximum absolute atomic E-state index is 13.2. The number of ether oxygens (including phenoxy) is 2. The minimum atomic E-state index is -0.415. The van der Waals surface area contributed by atoms with Crippen molar-refractivity contribution in [2.75, 3.05) is 40.4 Å². The molecule has 0 aliphatic carbocycles. The molecule has 3 aromatic carbocycles. The van der Waals surface area contributed by atoms with Crippen LogP contribution in [0.1, 0.15) is 45.7 Å². The lowest BCUT2D eigenvalue weighted by Gasteiger charge is -2.19. The van der Waals surface area contributed by atoms with Crippen LogP contribution in [0.25, 0.3) is 32.9 Å². The molecule has 7 nitrogen and oxygen atoms in total. The molecule has 0 saturated carbocycles. The van der Waals surface area contributed by atoms with Crippen LogP contribution in [0.4, 0.5) is 0 Å². The molecular weight excluding hydrogens is 478 g/mol. The number of aromatic nitrogens is 1. The standard InChI is InChI=1S/C31H35N3O4/c1-7-34(8-2)14-13-32-30(35)26-17-24-23-12-10-21(31(36)38-6)16-25(23)29(33-27(24)18-28(26)37-5)22-11-9-19(3)15-20(22)4/h9-12,15-18H,7-8,13-14H2,1-6H3,(H,32,35). The average molecular weight is 514 g/mol. The van der Waals surface area contributed by atoms with Gasteiger partial charge in [-0.25, -0.2) is 9.78 Å². The molecule has 0 saturated heterocycles. The highest BCUT2D eigenvalue weighted by atomic mass is 16.5. The van der Waals surface area contributed by atoms with E-state index in [4.69, 9.17) is 14.5 Å². The Kier molecular flexibility index (Phi) is 8.27. The monoisotopic (exact) mass is 513 g/mol. The van der Waals surface area contributed by atoms with E-state index in [0.717, 1.165) is 58.2 Å². The van der Waals surface area contributed by atoms with Crippen LogP contribution < -0.4 is 10.1 Å². The maximum Gasteiger partial charge on any atom is 0.337 e. The Hall–Kier alpha value is -3.97. The molecule has 0 unspecified atom stereocenters. The second-order valence-corrected chi connectivity index (χ2v) is 9.38. The summed E-state index contributed by atoms with van der Waals surface area (Å²) in [6.07, 6.45) is 0. The first kappa shape index (κ1) is 27.1. The summed E-state index contributed by atoms with van der Waals surface area (Å²) < 4.78 is 10.6. The van der Waals surface area contributed by atoms with Gasteiger partial charge >= 0.3 is 5.97 Å². The van der Waals surface area contributed by atoms with E-state index in [9.17, 15) is 9.59 Å². The third-order valence-corrected chi connectivity index (χ3v) is 7.03. The van der Waals surface area contributed by atoms with Gasteiger partial charge < -0.3 is 19.7 Å². The highest BCUT2D eigenvalue weighted by Crippen LogP contribution is 2.37. The van der Waals surface area contributed by atoms with Crippen LogP contribution in [0.15, 0.2) is 48.5 Å². The zero-order valence-corrected chi connectivity index (χ0v) is 23.0. The molecule has 1 N–H and O–H groups in total. The molecule has 0 aliphatic rings. The van der Waals surface area contributed by atoms with Gasteiger partial charge in [-0.1, -0.05) is 43.7 Å². The first-order valence-corrected chi connectivity index (χ1v) is 12.9. The van der Waals surface area contributed by atoms with Crippen molar-refractivity contribution >= 4 is 33.6 Å². The summed E-state index contributed by atoms with van der Waals surface area (Å²) in [4.78, 5) is 32.9. The largest absolute Gasteiger partial charge is 0.496 e. The van der Waals surface area contributed by atoms with Gasteiger partial charge in [0.1, 0.15) is 5.75 Å². The number of rotatable bonds is 9. The van der Waals surface area contributed by atoms with Crippen LogP contribution >= 0.6 is 0 Å². The fourth-order valence-corrected chi connectivity index (χ4v) is 4.87. The van der Waals surface area contributed by atoms with Gasteiger partial charge in [-0.05, 0) is 56.1 Å². The number of amides is 1. The molecule has 1 amide bonds. The van der Waals surface area contributed by atoms with Crippen molar-refractivity contribution in [1.82, 2.24) is 15.2 Å². The van der Waals surface area contributed by atoms with Gasteiger partial charge in [-0.15, -0.1) is 0 Å². The third-order valence-electron chi connectivity index (χ3n) is 7.03. The number of aryl methyl sites for hydroxylation is 2. The minimum Gasteiger partial charge on any atom is -0.496 e. The molecule has 0 fully saturated rings. The van der Waals surface area contributed by atoms with E-state index in [0.29, 0.717) is 28.9 Å². The smallest absolute Gasteiger partial charge is 0.337 e. The molecule has 4 aromatic rings. The summed E-state index contributed by atoms with van der Waals surface area (Å²) >= 11 is 0. The Morgan fingerprint density at radius 2 is 1.68 bits per heavy atom. The number of pyridine rings is 1. The molecule has 4 rings (SSSR count). The summed E-state index contributed by atoms with van der Waals surface area (Å²) in [6, 6.07) is 15.3. The van der Waals surface area contributed by atoms with E-state index in [1.807, 2.05) is 24.3 Å². The predicted octanol–water partition coefficient (Wildman–Crippen LogP) is 5.54. The Morgan fingerprint density at radius 1 is 0.921 bits per heavy atom. The summed E-state index contributed by atoms with van der Waals surface area (Å²) in [5.41, 5.74) is 5.56. The van der Waals surface area contributed by atoms with Crippen molar-refractivity contribution in [2.24, 2.45) is 0 Å². The minimum absolute atomic E-state index is 0.200. The fraction of sp³-hybridized carbons (Fsp3) is 0.323. The van der Waals surface area contributed by atoms with E-state index in [-0.39, 0.29) is 5.91 Å². The summed E-state index contributed by atoms with van der Waals surface area (Å²) in [6.45, 7) is 11.5. The van der Waals surface area contributed by atoms with E-state index in [2.05, 4.69) is 56.1 Å². The number of hydrogen-bond donors (Lipinski definition) is 1. The molecule has 0 bridgehead atoms.